The molecule has 0 spiro atoms. The fourth-order valence-corrected chi connectivity index (χ4v) is 4.27. The number of hydrogen-bond acceptors (Lipinski definition) is 3. The third-order valence-electron chi connectivity index (χ3n) is 5.17. The lowest BCUT2D eigenvalue weighted by molar-refractivity contribution is 0.182. The van der Waals surface area contributed by atoms with Gasteiger partial charge in [0.2, 0.25) is 0 Å². The number of aliphatic imine (C=N–C) groups is 1. The highest BCUT2D eigenvalue weighted by molar-refractivity contribution is 14.0. The van der Waals surface area contributed by atoms with Gasteiger partial charge in [-0.3, -0.25) is 9.89 Å². The molecule has 2 heterocycles. The van der Waals surface area contributed by atoms with E-state index in [4.69, 9.17) is 4.99 Å². The molecule has 1 aliphatic rings. The maximum Gasteiger partial charge on any atom is 0.191 e. The molecule has 0 bridgehead atoms. The molecule has 1 aliphatic heterocycles. The van der Waals surface area contributed by atoms with E-state index in [0.29, 0.717) is 5.92 Å². The van der Waals surface area contributed by atoms with Crippen molar-refractivity contribution in [3.63, 3.8) is 0 Å². The number of hydrogen-bond donors (Lipinski definition) is 2. The van der Waals surface area contributed by atoms with Crippen LogP contribution in [0.5, 0.6) is 0 Å². The van der Waals surface area contributed by atoms with Crippen LogP contribution in [0, 0.1) is 5.92 Å². The number of benzene rings is 1. The van der Waals surface area contributed by atoms with Gasteiger partial charge in [0.1, 0.15) is 0 Å². The van der Waals surface area contributed by atoms with Gasteiger partial charge in [-0.1, -0.05) is 36.4 Å². The normalized spacial score (nSPS) is 17.0. The molecule has 2 N–H and O–H groups in total. The monoisotopic (exact) mass is 512 g/mol. The smallest absolute Gasteiger partial charge is 0.191 e. The first-order valence-electron chi connectivity index (χ1n) is 10.1. The van der Waals surface area contributed by atoms with Crippen molar-refractivity contribution >= 4 is 41.3 Å². The lowest BCUT2D eigenvalue weighted by atomic mass is 9.97. The van der Waals surface area contributed by atoms with E-state index in [1.54, 1.807) is 0 Å². The molecule has 1 saturated heterocycles. The summed E-state index contributed by atoms with van der Waals surface area (Å²) < 4.78 is 0. The largest absolute Gasteiger partial charge is 0.357 e. The SMILES string of the molecule is CCNC(=NCC1CCN(Cc2cccs2)CC1)NC(C)c1ccccc1.I. The molecule has 0 aliphatic carbocycles. The summed E-state index contributed by atoms with van der Waals surface area (Å²) >= 11 is 1.86. The first-order valence-corrected chi connectivity index (χ1v) is 11.0. The molecule has 3 rings (SSSR count). The van der Waals surface area contributed by atoms with Crippen LogP contribution in [-0.2, 0) is 6.54 Å². The fraction of sp³-hybridized carbons (Fsp3) is 0.500. The van der Waals surface area contributed by atoms with E-state index in [1.165, 1.54) is 36.4 Å². The van der Waals surface area contributed by atoms with Crippen LogP contribution in [0.1, 0.15) is 43.2 Å². The summed E-state index contributed by atoms with van der Waals surface area (Å²) in [5.74, 6) is 1.61. The summed E-state index contributed by atoms with van der Waals surface area (Å²) in [6.07, 6.45) is 2.48. The van der Waals surface area contributed by atoms with Crippen molar-refractivity contribution in [2.24, 2.45) is 10.9 Å². The Hall–Kier alpha value is -1.12. The molecule has 2 aromatic rings. The molecule has 0 radical (unpaired) electrons. The summed E-state index contributed by atoms with van der Waals surface area (Å²) in [5.41, 5.74) is 1.28. The zero-order valence-corrected chi connectivity index (χ0v) is 20.1. The molecule has 1 unspecified atom stereocenters. The van der Waals surface area contributed by atoms with Gasteiger partial charge in [0, 0.05) is 24.5 Å². The lowest BCUT2D eigenvalue weighted by Gasteiger charge is -2.31. The van der Waals surface area contributed by atoms with Gasteiger partial charge in [0.25, 0.3) is 0 Å². The van der Waals surface area contributed by atoms with Crippen LogP contribution >= 0.6 is 35.3 Å². The molecular formula is C22H33IN4S. The van der Waals surface area contributed by atoms with Gasteiger partial charge >= 0.3 is 0 Å². The number of nitrogens with one attached hydrogen (secondary N) is 2. The van der Waals surface area contributed by atoms with Gasteiger partial charge in [-0.05, 0) is 62.7 Å². The van der Waals surface area contributed by atoms with Crippen LogP contribution in [0.3, 0.4) is 0 Å². The average Bonchev–Trinajstić information content (AvgIpc) is 3.21. The van der Waals surface area contributed by atoms with Crippen molar-refractivity contribution in [3.05, 3.63) is 58.3 Å². The molecule has 1 aromatic heterocycles. The Labute approximate surface area is 190 Å². The highest BCUT2D eigenvalue weighted by atomic mass is 127. The number of halogens is 1. The predicted octanol–water partition coefficient (Wildman–Crippen LogP) is 4.89. The predicted molar refractivity (Wildman–Crippen MR) is 132 cm³/mol. The molecule has 0 saturated carbocycles. The zero-order valence-electron chi connectivity index (χ0n) is 16.9. The Morgan fingerprint density at radius 2 is 1.93 bits per heavy atom. The van der Waals surface area contributed by atoms with Crippen molar-refractivity contribution in [2.45, 2.75) is 39.3 Å². The summed E-state index contributed by atoms with van der Waals surface area (Å²) in [6.45, 7) is 9.56. The Morgan fingerprint density at radius 1 is 1.18 bits per heavy atom. The van der Waals surface area contributed by atoms with E-state index in [2.05, 4.69) is 77.2 Å². The zero-order chi connectivity index (χ0) is 18.9. The van der Waals surface area contributed by atoms with Gasteiger partial charge in [-0.15, -0.1) is 35.3 Å². The molecule has 0 amide bonds. The number of rotatable bonds is 7. The molecule has 1 atom stereocenters. The second-order valence-corrected chi connectivity index (χ2v) is 8.33. The maximum absolute atomic E-state index is 4.88. The van der Waals surface area contributed by atoms with E-state index in [0.717, 1.165) is 25.6 Å². The van der Waals surface area contributed by atoms with Crippen molar-refractivity contribution in [3.8, 4) is 0 Å². The molecule has 1 fully saturated rings. The number of nitrogens with zero attached hydrogens (tertiary/aromatic N) is 2. The van der Waals surface area contributed by atoms with E-state index < -0.39 is 0 Å². The van der Waals surface area contributed by atoms with Crippen LogP contribution in [0.2, 0.25) is 0 Å². The molecular weight excluding hydrogens is 479 g/mol. The number of guanidine groups is 1. The minimum atomic E-state index is 0. The lowest BCUT2D eigenvalue weighted by Crippen LogP contribution is -2.39. The number of piperidine rings is 1. The van der Waals surface area contributed by atoms with Gasteiger partial charge in [0.05, 0.1) is 6.04 Å². The minimum absolute atomic E-state index is 0. The summed E-state index contributed by atoms with van der Waals surface area (Å²) in [4.78, 5) is 8.93. The van der Waals surface area contributed by atoms with Crippen molar-refractivity contribution in [1.29, 1.82) is 0 Å². The average molecular weight is 513 g/mol. The van der Waals surface area contributed by atoms with Crippen molar-refractivity contribution in [2.75, 3.05) is 26.2 Å². The van der Waals surface area contributed by atoms with Crippen molar-refractivity contribution < 1.29 is 0 Å². The molecule has 6 heteroatoms. The topological polar surface area (TPSA) is 39.7 Å². The second-order valence-electron chi connectivity index (χ2n) is 7.30. The van der Waals surface area contributed by atoms with E-state index in [-0.39, 0.29) is 30.0 Å². The van der Waals surface area contributed by atoms with Crippen LogP contribution in [-0.4, -0.2) is 37.0 Å². The number of thiophene rings is 1. The third kappa shape index (κ3) is 7.37. The summed E-state index contributed by atoms with van der Waals surface area (Å²) in [5, 5.41) is 9.10. The quantitative estimate of drug-likeness (QED) is 0.315. The van der Waals surface area contributed by atoms with E-state index >= 15 is 0 Å². The van der Waals surface area contributed by atoms with E-state index in [1.807, 2.05) is 11.3 Å². The summed E-state index contributed by atoms with van der Waals surface area (Å²) in [7, 11) is 0. The second kappa shape index (κ2) is 12.4. The highest BCUT2D eigenvalue weighted by Gasteiger charge is 2.19. The molecule has 154 valence electrons. The Bertz CT molecular complexity index is 682. The van der Waals surface area contributed by atoms with Crippen LogP contribution in [0.4, 0.5) is 0 Å². The maximum atomic E-state index is 4.88. The minimum Gasteiger partial charge on any atom is -0.357 e. The fourth-order valence-electron chi connectivity index (χ4n) is 3.52. The van der Waals surface area contributed by atoms with Crippen LogP contribution < -0.4 is 10.6 Å². The van der Waals surface area contributed by atoms with Crippen LogP contribution in [0.25, 0.3) is 0 Å². The Balaban J connectivity index is 0.00000280. The summed E-state index contributed by atoms with van der Waals surface area (Å²) in [6, 6.07) is 15.2. The van der Waals surface area contributed by atoms with Gasteiger partial charge < -0.3 is 10.6 Å². The van der Waals surface area contributed by atoms with Gasteiger partial charge in [0.15, 0.2) is 5.96 Å². The first kappa shape index (κ1) is 23.2. The third-order valence-corrected chi connectivity index (χ3v) is 6.03. The Morgan fingerprint density at radius 3 is 2.57 bits per heavy atom. The highest BCUT2D eigenvalue weighted by Crippen LogP contribution is 2.21. The van der Waals surface area contributed by atoms with Crippen LogP contribution in [0.15, 0.2) is 52.8 Å². The van der Waals surface area contributed by atoms with Gasteiger partial charge in [-0.2, -0.15) is 0 Å². The van der Waals surface area contributed by atoms with Gasteiger partial charge in [-0.25, -0.2) is 0 Å². The molecule has 4 nitrogen and oxygen atoms in total. The Kier molecular flexibility index (Phi) is 10.3. The van der Waals surface area contributed by atoms with E-state index in [9.17, 15) is 0 Å². The molecule has 28 heavy (non-hydrogen) atoms. The standard InChI is InChI=1S/C22H32N4S.HI/c1-3-23-22(25-18(2)20-8-5-4-6-9-20)24-16-19-11-13-26(14-12-19)17-21-10-7-15-27-21;/h4-10,15,18-19H,3,11-14,16-17H2,1-2H3,(H2,23,24,25);1H. The van der Waals surface area contributed by atoms with Crippen molar-refractivity contribution in [1.82, 2.24) is 15.5 Å². The number of likely N-dealkylation sites (tertiary alicyclic amines) is 1. The first-order chi connectivity index (χ1) is 13.2. The molecule has 1 aromatic carbocycles.